The van der Waals surface area contributed by atoms with Crippen molar-refractivity contribution in [2.75, 3.05) is 6.54 Å². The van der Waals surface area contributed by atoms with Crippen LogP contribution in [-0.4, -0.2) is 67.6 Å². The van der Waals surface area contributed by atoms with E-state index in [9.17, 15) is 19.2 Å². The van der Waals surface area contributed by atoms with Gasteiger partial charge in [-0.05, 0) is 0 Å². The van der Waals surface area contributed by atoms with Crippen LogP contribution in [0, 0.1) is 0 Å². The number of carbonyl (C=O) groups is 4. The summed E-state index contributed by atoms with van der Waals surface area (Å²) in [5.41, 5.74) is 5.27. The predicted molar refractivity (Wildman–Crippen MR) is 73.8 cm³/mol. The molecule has 0 aliphatic heterocycles. The molecule has 6 N–H and O–H groups in total. The molecule has 9 nitrogen and oxygen atoms in total. The molecule has 0 saturated heterocycles. The molecule has 0 aromatic carbocycles. The van der Waals surface area contributed by atoms with Gasteiger partial charge in [0, 0.05) is 0 Å². The molecular weight excluding hydrogens is 349 g/mol. The average Bonchev–Trinajstić information content (AvgIpc) is 2.41. The Hall–Kier alpha value is -1.64. The number of nitrogens with two attached hydrogens (primary N) is 1. The van der Waals surface area contributed by atoms with E-state index in [1.165, 1.54) is 0 Å². The van der Waals surface area contributed by atoms with E-state index >= 15 is 0 Å². The van der Waals surface area contributed by atoms with Gasteiger partial charge < -0.3 is 0 Å². The van der Waals surface area contributed by atoms with E-state index in [1.54, 1.807) is 0 Å². The normalized spacial score (nSPS) is 13.0. The third kappa shape index (κ3) is 9.00. The molecule has 0 aromatic heterocycles. The fourth-order valence-electron chi connectivity index (χ4n) is 1.31. The van der Waals surface area contributed by atoms with Crippen molar-refractivity contribution >= 4 is 38.7 Å². The molecule has 0 aliphatic carbocycles. The van der Waals surface area contributed by atoms with Crippen LogP contribution < -0.4 is 16.4 Å². The van der Waals surface area contributed by atoms with E-state index in [-0.39, 0.29) is 27.8 Å². The van der Waals surface area contributed by atoms with Gasteiger partial charge in [-0.3, -0.25) is 0 Å². The van der Waals surface area contributed by atoms with Crippen molar-refractivity contribution in [3.05, 3.63) is 0 Å². The van der Waals surface area contributed by atoms with E-state index in [1.807, 2.05) is 5.82 Å². The van der Waals surface area contributed by atoms with Crippen LogP contribution >= 0.6 is 0 Å². The van der Waals surface area contributed by atoms with Gasteiger partial charge in [0.15, 0.2) is 0 Å². The molecule has 0 unspecified atom stereocenters. The first kappa shape index (κ1) is 19.4. The number of carboxylic acid groups (broad SMARTS) is 2. The van der Waals surface area contributed by atoms with Crippen LogP contribution in [0.4, 0.5) is 0 Å². The number of carboxylic acids is 2. The van der Waals surface area contributed by atoms with Crippen LogP contribution in [0.5, 0.6) is 0 Å². The molecule has 0 rings (SSSR count). The van der Waals surface area contributed by atoms with Crippen molar-refractivity contribution in [3.63, 3.8) is 0 Å². The number of aliphatic carboxylic acids is 2. The molecule has 120 valence electrons. The van der Waals surface area contributed by atoms with Gasteiger partial charge in [0.2, 0.25) is 0 Å². The summed E-state index contributed by atoms with van der Waals surface area (Å²) in [5.74, 6) is -1.57. The van der Waals surface area contributed by atoms with Crippen LogP contribution in [0.25, 0.3) is 0 Å². The van der Waals surface area contributed by atoms with E-state index in [2.05, 4.69) is 10.6 Å². The summed E-state index contributed by atoms with van der Waals surface area (Å²) in [6, 6.07) is -1.95. The molecular formula is C11H19N3O6Se. The fraction of sp³-hybridized carbons (Fsp3) is 0.636. The topological polar surface area (TPSA) is 159 Å². The molecule has 0 bridgehead atoms. The van der Waals surface area contributed by atoms with Crippen LogP contribution in [0.15, 0.2) is 0 Å². The van der Waals surface area contributed by atoms with Gasteiger partial charge in [0.25, 0.3) is 0 Å². The molecule has 0 aromatic rings. The summed E-state index contributed by atoms with van der Waals surface area (Å²) in [5, 5.41) is 22.1. The second-order valence-corrected chi connectivity index (χ2v) is 6.08. The standard InChI is InChI=1S/C11H19N3O6Se/c1-21-5-7(10(18)13-4-9(16)17)14-8(15)3-2-6(12)11(19)20/h6-7H,2-5,12H2,1H3,(H,13,18)(H,14,15)(H,16,17)(H,19,20)/t6-,7-/m0/s1. The average molecular weight is 368 g/mol. The minimum absolute atomic E-state index is 0.0398. The maximum absolute atomic E-state index is 11.7. The molecule has 21 heavy (non-hydrogen) atoms. The molecule has 0 spiro atoms. The Morgan fingerprint density at radius 1 is 1.24 bits per heavy atom. The second kappa shape index (κ2) is 10.1. The van der Waals surface area contributed by atoms with Gasteiger partial charge in [-0.1, -0.05) is 0 Å². The molecule has 2 atom stereocenters. The van der Waals surface area contributed by atoms with Gasteiger partial charge >= 0.3 is 127 Å². The summed E-state index contributed by atoms with van der Waals surface area (Å²) < 4.78 is 0. The zero-order chi connectivity index (χ0) is 16.4. The van der Waals surface area contributed by atoms with E-state index in [0.29, 0.717) is 5.32 Å². The van der Waals surface area contributed by atoms with Crippen LogP contribution in [-0.2, 0) is 19.2 Å². The molecule has 0 radical (unpaired) electrons. The number of hydrogen-bond acceptors (Lipinski definition) is 5. The predicted octanol–water partition coefficient (Wildman–Crippen LogP) is -1.97. The van der Waals surface area contributed by atoms with Crippen molar-refractivity contribution in [2.24, 2.45) is 5.73 Å². The zero-order valence-corrected chi connectivity index (χ0v) is 13.2. The number of nitrogens with one attached hydrogen (secondary N) is 2. The van der Waals surface area contributed by atoms with Crippen LogP contribution in [0.1, 0.15) is 12.8 Å². The number of rotatable bonds is 10. The Balaban J connectivity index is 4.35. The number of hydrogen-bond donors (Lipinski definition) is 5. The van der Waals surface area contributed by atoms with Crippen molar-refractivity contribution < 1.29 is 29.4 Å². The Morgan fingerprint density at radius 2 is 1.86 bits per heavy atom. The van der Waals surface area contributed by atoms with Crippen molar-refractivity contribution in [3.8, 4) is 0 Å². The van der Waals surface area contributed by atoms with E-state index in [0.717, 1.165) is 0 Å². The van der Waals surface area contributed by atoms with Gasteiger partial charge in [-0.2, -0.15) is 0 Å². The summed E-state index contributed by atoms with van der Waals surface area (Å²) in [7, 11) is 0. The summed E-state index contributed by atoms with van der Waals surface area (Å²) in [6.07, 6.45) is -0.158. The quantitative estimate of drug-likeness (QED) is 0.280. The first-order valence-corrected chi connectivity index (χ1v) is 8.96. The van der Waals surface area contributed by atoms with Gasteiger partial charge in [0.1, 0.15) is 0 Å². The molecule has 10 heteroatoms. The molecule has 0 heterocycles. The van der Waals surface area contributed by atoms with Gasteiger partial charge in [-0.25, -0.2) is 0 Å². The second-order valence-electron chi connectivity index (χ2n) is 4.17. The molecule has 0 aliphatic rings. The zero-order valence-electron chi connectivity index (χ0n) is 11.5. The van der Waals surface area contributed by atoms with Crippen LogP contribution in [0.2, 0.25) is 11.1 Å². The minimum atomic E-state index is -1.20. The van der Waals surface area contributed by atoms with E-state index < -0.39 is 42.4 Å². The maximum atomic E-state index is 11.7. The Morgan fingerprint density at radius 3 is 2.33 bits per heavy atom. The SMILES string of the molecule is C[Se]C[C@H](NC(=O)CC[C@H](N)C(=O)O)C(=O)NCC(=O)O. The summed E-state index contributed by atoms with van der Waals surface area (Å²) in [4.78, 5) is 44.3. The first-order chi connectivity index (χ1) is 9.77. The van der Waals surface area contributed by atoms with Crippen LogP contribution in [0.3, 0.4) is 0 Å². The first-order valence-electron chi connectivity index (χ1n) is 6.04. The molecule has 2 amide bonds. The van der Waals surface area contributed by atoms with Crippen molar-refractivity contribution in [1.29, 1.82) is 0 Å². The monoisotopic (exact) mass is 369 g/mol. The van der Waals surface area contributed by atoms with Crippen molar-refractivity contribution in [1.82, 2.24) is 10.6 Å². The van der Waals surface area contributed by atoms with Crippen molar-refractivity contribution in [2.45, 2.75) is 36.1 Å². The van der Waals surface area contributed by atoms with Gasteiger partial charge in [0.05, 0.1) is 0 Å². The molecule has 0 saturated carbocycles. The van der Waals surface area contributed by atoms with E-state index in [4.69, 9.17) is 15.9 Å². The number of carbonyl (C=O) groups excluding carboxylic acids is 2. The Kier molecular flexibility index (Phi) is 9.35. The Bertz CT molecular complexity index is 403. The summed E-state index contributed by atoms with van der Waals surface area (Å²) in [6.45, 7) is -0.522. The third-order valence-electron chi connectivity index (χ3n) is 2.40. The third-order valence-corrected chi connectivity index (χ3v) is 3.80. The Labute approximate surface area is 127 Å². The summed E-state index contributed by atoms with van der Waals surface area (Å²) >= 11 is 0.0932. The van der Waals surface area contributed by atoms with Gasteiger partial charge in [-0.15, -0.1) is 0 Å². The molecule has 0 fully saturated rings. The number of amides is 2. The fourth-order valence-corrected chi connectivity index (χ4v) is 2.50.